The van der Waals surface area contributed by atoms with Crippen molar-refractivity contribution in [1.82, 2.24) is 10.2 Å². The quantitative estimate of drug-likeness (QED) is 0.329. The molecule has 0 aliphatic carbocycles. The number of rotatable bonds is 11. The Morgan fingerprint density at radius 2 is 1.61 bits per heavy atom. The molecule has 8 nitrogen and oxygen atoms in total. The average Bonchev–Trinajstić information content (AvgIpc) is 2.99. The highest BCUT2D eigenvalue weighted by atomic mass is 79.9. The molecule has 3 aromatic carbocycles. The Bertz CT molecular complexity index is 1440. The number of hydrogen-bond donors (Lipinski definition) is 2. The third-order valence-corrected chi connectivity index (χ3v) is 8.81. The zero-order chi connectivity index (χ0) is 29.2. The molecule has 1 unspecified atom stereocenters. The number of nitrogens with zero attached hydrogens (tertiary/aromatic N) is 1. The van der Waals surface area contributed by atoms with Gasteiger partial charge in [0, 0.05) is 34.6 Å². The van der Waals surface area contributed by atoms with Crippen molar-refractivity contribution in [3.8, 4) is 0 Å². The molecule has 1 aliphatic heterocycles. The SMILES string of the molecule is N[C@@H](Cc1ccc(C(=O)N2CCOCC2)cc1)C(=O)NC(C=CS(=O)(=O)c1ccc(Br)cc1)CCc1ccccc1. The van der Waals surface area contributed by atoms with Crippen molar-refractivity contribution in [2.75, 3.05) is 26.3 Å². The van der Waals surface area contributed by atoms with Crippen LogP contribution in [-0.2, 0) is 32.2 Å². The summed E-state index contributed by atoms with van der Waals surface area (Å²) in [6.45, 7) is 2.20. The predicted molar refractivity (Wildman–Crippen MR) is 162 cm³/mol. The highest BCUT2D eigenvalue weighted by Gasteiger charge is 2.21. The van der Waals surface area contributed by atoms with Crippen LogP contribution in [0.1, 0.15) is 27.9 Å². The van der Waals surface area contributed by atoms with Gasteiger partial charge in [-0.2, -0.15) is 0 Å². The summed E-state index contributed by atoms with van der Waals surface area (Å²) in [6.07, 6.45) is 2.91. The number of amides is 2. The molecule has 0 saturated carbocycles. The van der Waals surface area contributed by atoms with E-state index in [-0.39, 0.29) is 23.1 Å². The number of benzene rings is 3. The summed E-state index contributed by atoms with van der Waals surface area (Å²) in [5.41, 5.74) is 8.73. The molecule has 2 amide bonds. The number of nitrogens with one attached hydrogen (secondary N) is 1. The van der Waals surface area contributed by atoms with E-state index >= 15 is 0 Å². The first kappa shape index (κ1) is 30.6. The van der Waals surface area contributed by atoms with Gasteiger partial charge in [-0.25, -0.2) is 8.42 Å². The lowest BCUT2D eigenvalue weighted by Gasteiger charge is -2.26. The van der Waals surface area contributed by atoms with Gasteiger partial charge in [0.05, 0.1) is 24.2 Å². The van der Waals surface area contributed by atoms with Crippen LogP contribution in [0.2, 0.25) is 0 Å². The van der Waals surface area contributed by atoms with Crippen LogP contribution in [0, 0.1) is 0 Å². The Balaban J connectivity index is 1.40. The number of carbonyl (C=O) groups excluding carboxylic acids is 2. The fraction of sp³-hybridized carbons (Fsp3) is 0.290. The summed E-state index contributed by atoms with van der Waals surface area (Å²) in [4.78, 5) is 27.7. The largest absolute Gasteiger partial charge is 0.378 e. The molecule has 3 aromatic rings. The minimum absolute atomic E-state index is 0.0481. The van der Waals surface area contributed by atoms with Crippen LogP contribution in [0.25, 0.3) is 0 Å². The number of aryl methyl sites for hydroxylation is 1. The van der Waals surface area contributed by atoms with Crippen LogP contribution in [0.15, 0.2) is 99.7 Å². The maximum Gasteiger partial charge on any atom is 0.254 e. The van der Waals surface area contributed by atoms with Gasteiger partial charge in [-0.1, -0.05) is 64.5 Å². The number of nitrogens with two attached hydrogens (primary N) is 1. The minimum Gasteiger partial charge on any atom is -0.378 e. The van der Waals surface area contributed by atoms with Crippen molar-refractivity contribution in [1.29, 1.82) is 0 Å². The lowest BCUT2D eigenvalue weighted by atomic mass is 10.0. The lowest BCUT2D eigenvalue weighted by molar-refractivity contribution is -0.122. The first-order valence-electron chi connectivity index (χ1n) is 13.5. The topological polar surface area (TPSA) is 119 Å². The van der Waals surface area contributed by atoms with Gasteiger partial charge in [-0.3, -0.25) is 9.59 Å². The minimum atomic E-state index is -3.70. The molecule has 216 valence electrons. The number of hydrogen-bond acceptors (Lipinski definition) is 6. The third-order valence-electron chi connectivity index (χ3n) is 6.84. The summed E-state index contributed by atoms with van der Waals surface area (Å²) >= 11 is 3.31. The Labute approximate surface area is 249 Å². The fourth-order valence-electron chi connectivity index (χ4n) is 4.45. The molecule has 1 aliphatic rings. The molecule has 0 spiro atoms. The summed E-state index contributed by atoms with van der Waals surface area (Å²) < 4.78 is 31.9. The van der Waals surface area contributed by atoms with E-state index in [1.54, 1.807) is 41.3 Å². The van der Waals surface area contributed by atoms with Gasteiger partial charge in [-0.05, 0) is 66.8 Å². The molecular formula is C31H34BrN3O5S. The average molecular weight is 641 g/mol. The van der Waals surface area contributed by atoms with Crippen molar-refractivity contribution in [2.24, 2.45) is 5.73 Å². The molecule has 41 heavy (non-hydrogen) atoms. The molecule has 1 fully saturated rings. The Hall–Kier alpha value is -3.31. The van der Waals surface area contributed by atoms with E-state index in [0.717, 1.165) is 21.0 Å². The Kier molecular flexibility index (Phi) is 10.9. The number of sulfone groups is 1. The van der Waals surface area contributed by atoms with Gasteiger partial charge in [-0.15, -0.1) is 0 Å². The van der Waals surface area contributed by atoms with Crippen molar-refractivity contribution in [3.63, 3.8) is 0 Å². The highest BCUT2D eigenvalue weighted by Crippen LogP contribution is 2.18. The molecule has 1 heterocycles. The second-order valence-electron chi connectivity index (χ2n) is 9.88. The summed E-state index contributed by atoms with van der Waals surface area (Å²) in [5, 5.41) is 4.06. The van der Waals surface area contributed by atoms with Crippen LogP contribution >= 0.6 is 15.9 Å². The van der Waals surface area contributed by atoms with Crippen LogP contribution in [0.3, 0.4) is 0 Å². The van der Waals surface area contributed by atoms with Crippen molar-refractivity contribution >= 4 is 37.6 Å². The van der Waals surface area contributed by atoms with Crippen LogP contribution in [0.5, 0.6) is 0 Å². The van der Waals surface area contributed by atoms with E-state index in [9.17, 15) is 18.0 Å². The summed E-state index contributed by atoms with van der Waals surface area (Å²) in [5.74, 6) is -0.435. The maximum absolute atomic E-state index is 13.1. The van der Waals surface area contributed by atoms with E-state index in [2.05, 4.69) is 21.2 Å². The van der Waals surface area contributed by atoms with E-state index < -0.39 is 21.9 Å². The van der Waals surface area contributed by atoms with E-state index in [1.807, 2.05) is 30.3 Å². The number of halogens is 1. The summed E-state index contributed by atoms with van der Waals surface area (Å²) in [6, 6.07) is 21.9. The number of ether oxygens (including phenoxy) is 1. The molecule has 0 radical (unpaired) electrons. The van der Waals surface area contributed by atoms with Gasteiger partial charge in [0.25, 0.3) is 5.91 Å². The molecule has 0 bridgehead atoms. The fourth-order valence-corrected chi connectivity index (χ4v) is 5.79. The third kappa shape index (κ3) is 9.09. The Morgan fingerprint density at radius 3 is 2.27 bits per heavy atom. The monoisotopic (exact) mass is 639 g/mol. The molecule has 0 aromatic heterocycles. The number of morpholine rings is 1. The van der Waals surface area contributed by atoms with Gasteiger partial charge in [0.15, 0.2) is 9.84 Å². The predicted octanol–water partition coefficient (Wildman–Crippen LogP) is 3.90. The standard InChI is InChI=1S/C31H34BrN3O5S/c32-26-11-14-28(15-12-26)41(38,39)21-16-27(13-8-23-4-2-1-3-5-23)34-30(36)29(33)22-24-6-9-25(10-7-24)31(37)35-17-19-40-20-18-35/h1-7,9-12,14-16,21,27,29H,8,13,17-20,22,33H2,(H,34,36)/t27?,29-/m0/s1. The van der Waals surface area contributed by atoms with Gasteiger partial charge in [0.1, 0.15) is 0 Å². The maximum atomic E-state index is 13.1. The molecule has 2 atom stereocenters. The van der Waals surface area contributed by atoms with E-state index in [0.29, 0.717) is 44.7 Å². The van der Waals surface area contributed by atoms with Gasteiger partial charge >= 0.3 is 0 Å². The van der Waals surface area contributed by atoms with E-state index in [4.69, 9.17) is 10.5 Å². The van der Waals surface area contributed by atoms with Crippen LogP contribution in [-0.4, -0.2) is 63.5 Å². The van der Waals surface area contributed by atoms with Crippen molar-refractivity contribution < 1.29 is 22.7 Å². The molecule has 1 saturated heterocycles. The van der Waals surface area contributed by atoms with Gasteiger partial charge in [0.2, 0.25) is 5.91 Å². The van der Waals surface area contributed by atoms with Crippen LogP contribution < -0.4 is 11.1 Å². The normalized spacial score (nSPS) is 15.4. The number of carbonyl (C=O) groups is 2. The molecule has 3 N–H and O–H groups in total. The zero-order valence-corrected chi connectivity index (χ0v) is 25.0. The smallest absolute Gasteiger partial charge is 0.254 e. The van der Waals surface area contributed by atoms with Crippen molar-refractivity contribution in [2.45, 2.75) is 36.2 Å². The first-order chi connectivity index (χ1) is 19.7. The summed E-state index contributed by atoms with van der Waals surface area (Å²) in [7, 11) is -3.70. The first-order valence-corrected chi connectivity index (χ1v) is 15.8. The lowest BCUT2D eigenvalue weighted by Crippen LogP contribution is -2.46. The second-order valence-corrected chi connectivity index (χ2v) is 12.6. The van der Waals surface area contributed by atoms with Crippen molar-refractivity contribution in [3.05, 3.63) is 112 Å². The van der Waals surface area contributed by atoms with Crippen LogP contribution in [0.4, 0.5) is 0 Å². The molecule has 4 rings (SSSR count). The highest BCUT2D eigenvalue weighted by molar-refractivity contribution is 9.10. The van der Waals surface area contributed by atoms with E-state index in [1.165, 1.54) is 18.2 Å². The van der Waals surface area contributed by atoms with Gasteiger partial charge < -0.3 is 20.7 Å². The zero-order valence-electron chi connectivity index (χ0n) is 22.6. The molecular weight excluding hydrogens is 606 g/mol. The Morgan fingerprint density at radius 1 is 0.951 bits per heavy atom. The second kappa shape index (κ2) is 14.5. The molecule has 10 heteroatoms.